The van der Waals surface area contributed by atoms with E-state index >= 15 is 0 Å². The number of methoxy groups -OCH3 is 1. The normalized spacial score (nSPS) is 10.5. The Morgan fingerprint density at radius 3 is 2.68 bits per heavy atom. The van der Waals surface area contributed by atoms with E-state index in [2.05, 4.69) is 10.3 Å². The Morgan fingerprint density at radius 2 is 2.05 bits per heavy atom. The number of thiazole rings is 1. The number of nitrogens with one attached hydrogen (secondary N) is 1. The number of ether oxygens (including phenoxy) is 2. The molecule has 1 N–H and O–H groups in total. The van der Waals surface area contributed by atoms with Gasteiger partial charge in [0.25, 0.3) is 0 Å². The van der Waals surface area contributed by atoms with E-state index in [1.54, 1.807) is 7.11 Å². The third-order valence-electron chi connectivity index (χ3n) is 3.08. The lowest BCUT2D eigenvalue weighted by atomic mass is 10.1. The van der Waals surface area contributed by atoms with Gasteiger partial charge in [0, 0.05) is 17.0 Å². The molecule has 1 amide bonds. The Labute approximate surface area is 134 Å². The second kappa shape index (κ2) is 7.91. The van der Waals surface area contributed by atoms with Crippen molar-refractivity contribution in [2.45, 2.75) is 20.3 Å². The lowest BCUT2D eigenvalue weighted by Crippen LogP contribution is -2.13. The number of hydrogen-bond donors (Lipinski definition) is 1. The lowest BCUT2D eigenvalue weighted by Gasteiger charge is -2.02. The molecule has 6 heteroatoms. The molecule has 22 heavy (non-hydrogen) atoms. The fraction of sp³-hybridized carbons (Fsp3) is 0.375. The number of nitrogens with zero attached hydrogens (tertiary/aromatic N) is 1. The second-order valence-corrected chi connectivity index (χ2v) is 5.85. The van der Waals surface area contributed by atoms with Crippen LogP contribution >= 0.6 is 11.3 Å². The molecule has 2 rings (SSSR count). The van der Waals surface area contributed by atoms with Gasteiger partial charge in [-0.1, -0.05) is 0 Å². The summed E-state index contributed by atoms with van der Waals surface area (Å²) in [4.78, 5) is 17.4. The Kier molecular flexibility index (Phi) is 5.91. The Hall–Kier alpha value is -1.92. The largest absolute Gasteiger partial charge is 0.497 e. The quantitative estimate of drug-likeness (QED) is 0.793. The molecule has 0 aliphatic rings. The molecule has 0 saturated heterocycles. The van der Waals surface area contributed by atoms with Crippen LogP contribution in [0.2, 0.25) is 0 Å². The summed E-state index contributed by atoms with van der Waals surface area (Å²) in [5.74, 6) is 0.726. The van der Waals surface area contributed by atoms with Crippen LogP contribution < -0.4 is 10.1 Å². The minimum Gasteiger partial charge on any atom is -0.497 e. The van der Waals surface area contributed by atoms with Crippen molar-refractivity contribution in [3.05, 3.63) is 29.1 Å². The van der Waals surface area contributed by atoms with Crippen molar-refractivity contribution in [1.29, 1.82) is 0 Å². The molecule has 118 valence electrons. The molecule has 0 saturated carbocycles. The van der Waals surface area contributed by atoms with Gasteiger partial charge in [-0.2, -0.15) is 0 Å². The van der Waals surface area contributed by atoms with Crippen LogP contribution in [0.5, 0.6) is 5.75 Å². The topological polar surface area (TPSA) is 60.5 Å². The molecule has 0 fully saturated rings. The van der Waals surface area contributed by atoms with Crippen LogP contribution in [-0.4, -0.2) is 31.2 Å². The number of benzene rings is 1. The summed E-state index contributed by atoms with van der Waals surface area (Å²) >= 11 is 1.47. The van der Waals surface area contributed by atoms with Crippen molar-refractivity contribution in [3.8, 4) is 17.0 Å². The number of anilines is 1. The lowest BCUT2D eigenvalue weighted by molar-refractivity contribution is -0.117. The second-order valence-electron chi connectivity index (χ2n) is 4.65. The molecule has 0 unspecified atom stereocenters. The molecule has 0 bridgehead atoms. The molecule has 0 aliphatic heterocycles. The number of aromatic nitrogens is 1. The molecule has 0 spiro atoms. The van der Waals surface area contributed by atoms with Crippen LogP contribution in [0.3, 0.4) is 0 Å². The predicted molar refractivity (Wildman–Crippen MR) is 88.6 cm³/mol. The number of carbonyl (C=O) groups excluding carboxylic acids is 1. The van der Waals surface area contributed by atoms with E-state index in [0.29, 0.717) is 24.8 Å². The van der Waals surface area contributed by atoms with Crippen LogP contribution in [-0.2, 0) is 9.53 Å². The number of hydrogen-bond acceptors (Lipinski definition) is 5. The maximum Gasteiger partial charge on any atom is 0.228 e. The van der Waals surface area contributed by atoms with Crippen molar-refractivity contribution in [2.75, 3.05) is 25.6 Å². The summed E-state index contributed by atoms with van der Waals surface area (Å²) in [7, 11) is 1.64. The van der Waals surface area contributed by atoms with E-state index < -0.39 is 0 Å². The van der Waals surface area contributed by atoms with E-state index in [1.807, 2.05) is 38.1 Å². The molecule has 1 aromatic carbocycles. The van der Waals surface area contributed by atoms with Gasteiger partial charge >= 0.3 is 0 Å². The zero-order chi connectivity index (χ0) is 15.9. The summed E-state index contributed by atoms with van der Waals surface area (Å²) in [6, 6.07) is 7.71. The molecule has 5 nitrogen and oxygen atoms in total. The first kappa shape index (κ1) is 16.5. The highest BCUT2D eigenvalue weighted by atomic mass is 32.1. The van der Waals surface area contributed by atoms with Gasteiger partial charge in [0.1, 0.15) is 5.75 Å². The number of carbonyl (C=O) groups is 1. The molecular weight excluding hydrogens is 300 g/mol. The van der Waals surface area contributed by atoms with Crippen LogP contribution in [0.15, 0.2) is 24.3 Å². The Morgan fingerprint density at radius 1 is 1.32 bits per heavy atom. The van der Waals surface area contributed by atoms with Crippen LogP contribution in [0.1, 0.15) is 18.2 Å². The van der Waals surface area contributed by atoms with Gasteiger partial charge in [0.2, 0.25) is 5.91 Å². The highest BCUT2D eigenvalue weighted by molar-refractivity contribution is 7.16. The third-order valence-corrected chi connectivity index (χ3v) is 3.97. The highest BCUT2D eigenvalue weighted by Crippen LogP contribution is 2.31. The van der Waals surface area contributed by atoms with E-state index in [0.717, 1.165) is 21.9 Å². The van der Waals surface area contributed by atoms with Crippen LogP contribution in [0.4, 0.5) is 5.13 Å². The first-order chi connectivity index (χ1) is 10.6. The monoisotopic (exact) mass is 320 g/mol. The predicted octanol–water partition coefficient (Wildman–Crippen LogP) is 3.49. The van der Waals surface area contributed by atoms with Gasteiger partial charge in [0.05, 0.1) is 25.8 Å². The molecule has 0 aliphatic carbocycles. The summed E-state index contributed by atoms with van der Waals surface area (Å²) in [6.07, 6.45) is 0.338. The maximum absolute atomic E-state index is 11.8. The third kappa shape index (κ3) is 4.29. The average molecular weight is 320 g/mol. The van der Waals surface area contributed by atoms with E-state index in [9.17, 15) is 4.79 Å². The number of amides is 1. The standard InChI is InChI=1S/C16H20N2O3S/c1-4-21-10-9-14(19)17-16-18-15(11(2)22-16)12-5-7-13(20-3)8-6-12/h5-8H,4,9-10H2,1-3H3,(H,17,18,19). The molecule has 2 aromatic rings. The first-order valence-corrected chi connectivity index (χ1v) is 7.95. The van der Waals surface area contributed by atoms with Crippen molar-refractivity contribution in [2.24, 2.45) is 0 Å². The van der Waals surface area contributed by atoms with E-state index in [4.69, 9.17) is 9.47 Å². The average Bonchev–Trinajstić information content (AvgIpc) is 2.88. The van der Waals surface area contributed by atoms with Crippen molar-refractivity contribution in [3.63, 3.8) is 0 Å². The van der Waals surface area contributed by atoms with Crippen molar-refractivity contribution < 1.29 is 14.3 Å². The van der Waals surface area contributed by atoms with Gasteiger partial charge in [-0.3, -0.25) is 4.79 Å². The van der Waals surface area contributed by atoms with Crippen molar-refractivity contribution >= 4 is 22.4 Å². The summed E-state index contributed by atoms with van der Waals surface area (Å²) in [5, 5.41) is 3.43. The van der Waals surface area contributed by atoms with E-state index in [-0.39, 0.29) is 5.91 Å². The fourth-order valence-corrected chi connectivity index (χ4v) is 2.81. The Bertz CT molecular complexity index is 623. The molecule has 1 heterocycles. The minimum absolute atomic E-state index is 0.0801. The van der Waals surface area contributed by atoms with E-state index in [1.165, 1.54) is 11.3 Å². The number of aryl methyl sites for hydroxylation is 1. The Balaban J connectivity index is 2.05. The minimum atomic E-state index is -0.0801. The van der Waals surface area contributed by atoms with Gasteiger partial charge in [-0.15, -0.1) is 11.3 Å². The fourth-order valence-electron chi connectivity index (χ4n) is 1.96. The summed E-state index contributed by atoms with van der Waals surface area (Å²) < 4.78 is 10.3. The molecule has 0 atom stereocenters. The van der Waals surface area contributed by atoms with Crippen LogP contribution in [0.25, 0.3) is 11.3 Å². The zero-order valence-corrected chi connectivity index (χ0v) is 13.8. The molecule has 0 radical (unpaired) electrons. The molecular formula is C16H20N2O3S. The van der Waals surface area contributed by atoms with Gasteiger partial charge in [-0.05, 0) is 38.1 Å². The zero-order valence-electron chi connectivity index (χ0n) is 13.0. The number of rotatable bonds is 7. The van der Waals surface area contributed by atoms with Crippen LogP contribution in [0, 0.1) is 6.92 Å². The van der Waals surface area contributed by atoms with Crippen molar-refractivity contribution in [1.82, 2.24) is 4.98 Å². The summed E-state index contributed by atoms with van der Waals surface area (Å²) in [6.45, 7) is 4.94. The highest BCUT2D eigenvalue weighted by Gasteiger charge is 2.12. The van der Waals surface area contributed by atoms with Gasteiger partial charge in [0.15, 0.2) is 5.13 Å². The van der Waals surface area contributed by atoms with Gasteiger partial charge in [-0.25, -0.2) is 4.98 Å². The van der Waals surface area contributed by atoms with Gasteiger partial charge < -0.3 is 14.8 Å². The molecule has 1 aromatic heterocycles. The SMILES string of the molecule is CCOCCC(=O)Nc1nc(-c2ccc(OC)cc2)c(C)s1. The maximum atomic E-state index is 11.8. The smallest absolute Gasteiger partial charge is 0.228 e. The summed E-state index contributed by atoms with van der Waals surface area (Å²) in [5.41, 5.74) is 1.89. The first-order valence-electron chi connectivity index (χ1n) is 7.13.